The van der Waals surface area contributed by atoms with Crippen LogP contribution in [0, 0.1) is 0 Å². The molecule has 5 heteroatoms. The van der Waals surface area contributed by atoms with Crippen LogP contribution in [0.15, 0.2) is 18.2 Å². The van der Waals surface area contributed by atoms with Crippen LogP contribution in [0.4, 0.5) is 0 Å². The largest absolute Gasteiger partial charge is 0.459 e. The molecule has 0 saturated carbocycles. The topological polar surface area (TPSA) is 52.6 Å². The van der Waals surface area contributed by atoms with E-state index in [-0.39, 0.29) is 22.8 Å². The minimum absolute atomic E-state index is 0.170. The van der Waals surface area contributed by atoms with Crippen molar-refractivity contribution in [3.8, 4) is 0 Å². The second-order valence-corrected chi connectivity index (χ2v) is 5.01. The maximum absolute atomic E-state index is 11.7. The molecule has 0 aliphatic rings. The summed E-state index contributed by atoms with van der Waals surface area (Å²) in [5.74, 6) is -0.982. The number of hydrogen-bond acceptors (Lipinski definition) is 4. The standard InChI is InChI=1S/C14H17ClO4/c1-8(2)18-13(16)10-5-6-11(12(15)7-10)14(17)19-9(3)4/h5-9H,1-4H3. The maximum Gasteiger partial charge on any atom is 0.339 e. The molecule has 4 nitrogen and oxygen atoms in total. The van der Waals surface area contributed by atoms with Crippen molar-refractivity contribution in [3.63, 3.8) is 0 Å². The monoisotopic (exact) mass is 284 g/mol. The van der Waals surface area contributed by atoms with Crippen molar-refractivity contribution in [1.82, 2.24) is 0 Å². The summed E-state index contributed by atoms with van der Waals surface area (Å²) >= 11 is 5.98. The van der Waals surface area contributed by atoms with Gasteiger partial charge in [0.2, 0.25) is 0 Å². The molecule has 0 unspecified atom stereocenters. The fourth-order valence-electron chi connectivity index (χ4n) is 1.37. The molecule has 0 atom stereocenters. The van der Waals surface area contributed by atoms with Crippen LogP contribution in [0.3, 0.4) is 0 Å². The fourth-order valence-corrected chi connectivity index (χ4v) is 1.62. The minimum Gasteiger partial charge on any atom is -0.459 e. The lowest BCUT2D eigenvalue weighted by Gasteiger charge is -2.11. The third-order valence-electron chi connectivity index (χ3n) is 2.11. The van der Waals surface area contributed by atoms with Crippen LogP contribution in [0.5, 0.6) is 0 Å². The van der Waals surface area contributed by atoms with Crippen molar-refractivity contribution in [1.29, 1.82) is 0 Å². The summed E-state index contributed by atoms with van der Waals surface area (Å²) in [5, 5.41) is 0.170. The first-order chi connectivity index (χ1) is 8.81. The van der Waals surface area contributed by atoms with Crippen molar-refractivity contribution in [2.24, 2.45) is 0 Å². The lowest BCUT2D eigenvalue weighted by atomic mass is 10.1. The van der Waals surface area contributed by atoms with Gasteiger partial charge < -0.3 is 9.47 Å². The predicted molar refractivity (Wildman–Crippen MR) is 72.6 cm³/mol. The van der Waals surface area contributed by atoms with Crippen LogP contribution in [0.1, 0.15) is 48.4 Å². The highest BCUT2D eigenvalue weighted by Gasteiger charge is 2.16. The summed E-state index contributed by atoms with van der Waals surface area (Å²) in [4.78, 5) is 23.4. The van der Waals surface area contributed by atoms with Gasteiger partial charge >= 0.3 is 11.9 Å². The third-order valence-corrected chi connectivity index (χ3v) is 2.42. The van der Waals surface area contributed by atoms with Crippen molar-refractivity contribution >= 4 is 23.5 Å². The molecule has 0 saturated heterocycles. The van der Waals surface area contributed by atoms with Crippen LogP contribution < -0.4 is 0 Å². The SMILES string of the molecule is CC(C)OC(=O)c1ccc(C(=O)OC(C)C)c(Cl)c1. The number of rotatable bonds is 4. The number of benzene rings is 1. The Balaban J connectivity index is 2.91. The van der Waals surface area contributed by atoms with Gasteiger partial charge in [-0.1, -0.05) is 11.6 Å². The van der Waals surface area contributed by atoms with Gasteiger partial charge in [0.25, 0.3) is 0 Å². The van der Waals surface area contributed by atoms with E-state index >= 15 is 0 Å². The van der Waals surface area contributed by atoms with Crippen molar-refractivity contribution in [2.75, 3.05) is 0 Å². The smallest absolute Gasteiger partial charge is 0.339 e. The van der Waals surface area contributed by atoms with Crippen molar-refractivity contribution in [3.05, 3.63) is 34.3 Å². The highest BCUT2D eigenvalue weighted by molar-refractivity contribution is 6.33. The normalized spacial score (nSPS) is 10.7. The highest BCUT2D eigenvalue weighted by Crippen LogP contribution is 2.20. The molecule has 0 aliphatic carbocycles. The molecule has 104 valence electrons. The number of hydrogen-bond donors (Lipinski definition) is 0. The lowest BCUT2D eigenvalue weighted by Crippen LogP contribution is -2.14. The zero-order valence-corrected chi connectivity index (χ0v) is 12.2. The Morgan fingerprint density at radius 1 is 1.00 bits per heavy atom. The summed E-state index contributed by atoms with van der Waals surface area (Å²) < 4.78 is 10.1. The van der Waals surface area contributed by atoms with E-state index in [1.54, 1.807) is 27.7 Å². The molecule has 1 rings (SSSR count). The molecule has 0 bridgehead atoms. The second-order valence-electron chi connectivity index (χ2n) is 4.60. The molecule has 0 N–H and O–H groups in total. The summed E-state index contributed by atoms with van der Waals surface area (Å²) in [6.45, 7) is 7.02. The van der Waals surface area contributed by atoms with E-state index in [2.05, 4.69) is 0 Å². The Labute approximate surface area is 117 Å². The van der Waals surface area contributed by atoms with Crippen LogP contribution in [-0.4, -0.2) is 24.1 Å². The first-order valence-electron chi connectivity index (χ1n) is 6.02. The number of ether oxygens (including phenoxy) is 2. The average Bonchev–Trinajstić information content (AvgIpc) is 2.26. The van der Waals surface area contributed by atoms with Gasteiger partial charge in [-0.15, -0.1) is 0 Å². The zero-order valence-electron chi connectivity index (χ0n) is 11.4. The van der Waals surface area contributed by atoms with Gasteiger partial charge in [0.05, 0.1) is 28.4 Å². The minimum atomic E-state index is -0.510. The van der Waals surface area contributed by atoms with Crippen molar-refractivity contribution < 1.29 is 19.1 Å². The molecular formula is C14H17ClO4. The van der Waals surface area contributed by atoms with Crippen LogP contribution in [-0.2, 0) is 9.47 Å². The fraction of sp³-hybridized carbons (Fsp3) is 0.429. The number of esters is 2. The second kappa shape index (κ2) is 6.57. The Morgan fingerprint density at radius 3 is 2.00 bits per heavy atom. The summed E-state index contributed by atoms with van der Waals surface area (Å²) in [6.07, 6.45) is -0.439. The highest BCUT2D eigenvalue weighted by atomic mass is 35.5. The van der Waals surface area contributed by atoms with E-state index in [9.17, 15) is 9.59 Å². The molecule has 0 aliphatic heterocycles. The number of carbonyl (C=O) groups excluding carboxylic acids is 2. The summed E-state index contributed by atoms with van der Waals surface area (Å²) in [5.41, 5.74) is 0.538. The molecule has 0 spiro atoms. The van der Waals surface area contributed by atoms with E-state index in [1.807, 2.05) is 0 Å². The zero-order chi connectivity index (χ0) is 14.6. The molecule has 0 amide bonds. The van der Waals surface area contributed by atoms with Crippen molar-refractivity contribution in [2.45, 2.75) is 39.9 Å². The maximum atomic E-state index is 11.7. The Bertz CT molecular complexity index is 480. The summed E-state index contributed by atoms with van der Waals surface area (Å²) in [7, 11) is 0. The van der Waals surface area contributed by atoms with Crippen LogP contribution >= 0.6 is 11.6 Å². The number of carbonyl (C=O) groups is 2. The third kappa shape index (κ3) is 4.56. The molecule has 1 aromatic rings. The van der Waals surface area contributed by atoms with Gasteiger partial charge in [0.15, 0.2) is 0 Å². The molecule has 0 fully saturated rings. The quantitative estimate of drug-likeness (QED) is 0.795. The Kier molecular flexibility index (Phi) is 5.36. The van der Waals surface area contributed by atoms with Gasteiger partial charge in [0.1, 0.15) is 0 Å². The lowest BCUT2D eigenvalue weighted by molar-refractivity contribution is 0.0362. The average molecular weight is 285 g/mol. The van der Waals surface area contributed by atoms with Gasteiger partial charge in [-0.2, -0.15) is 0 Å². The first-order valence-corrected chi connectivity index (χ1v) is 6.40. The van der Waals surface area contributed by atoms with E-state index in [0.29, 0.717) is 5.56 Å². The molecule has 0 radical (unpaired) electrons. The van der Waals surface area contributed by atoms with Crippen LogP contribution in [0.2, 0.25) is 5.02 Å². The van der Waals surface area contributed by atoms with Gasteiger partial charge in [0, 0.05) is 0 Å². The van der Waals surface area contributed by atoms with Gasteiger partial charge in [-0.05, 0) is 45.9 Å². The first kappa shape index (κ1) is 15.5. The van der Waals surface area contributed by atoms with Gasteiger partial charge in [-0.3, -0.25) is 0 Å². The van der Waals surface area contributed by atoms with E-state index < -0.39 is 11.9 Å². The Morgan fingerprint density at radius 2 is 1.53 bits per heavy atom. The Hall–Kier alpha value is -1.55. The van der Waals surface area contributed by atoms with Crippen LogP contribution in [0.25, 0.3) is 0 Å². The van der Waals surface area contributed by atoms with E-state index in [4.69, 9.17) is 21.1 Å². The van der Waals surface area contributed by atoms with E-state index in [1.165, 1.54) is 18.2 Å². The molecule has 0 aromatic heterocycles. The molecule has 0 heterocycles. The van der Waals surface area contributed by atoms with E-state index in [0.717, 1.165) is 0 Å². The predicted octanol–water partition coefficient (Wildman–Crippen LogP) is 3.47. The molecule has 1 aromatic carbocycles. The van der Waals surface area contributed by atoms with Gasteiger partial charge in [-0.25, -0.2) is 9.59 Å². The summed E-state index contributed by atoms with van der Waals surface area (Å²) in [6, 6.07) is 4.36. The molecular weight excluding hydrogens is 268 g/mol. The number of halogens is 1. The molecule has 19 heavy (non-hydrogen) atoms.